The van der Waals surface area contributed by atoms with Crippen molar-refractivity contribution >= 4 is 23.2 Å². The number of nitrogens with one attached hydrogen (secondary N) is 1. The molecule has 0 fully saturated rings. The number of hydrazine groups is 1. The van der Waals surface area contributed by atoms with Crippen LogP contribution < -0.4 is 11.3 Å². The molecule has 1 aromatic heterocycles. The zero-order valence-electron chi connectivity index (χ0n) is 12.2. The van der Waals surface area contributed by atoms with Crippen LogP contribution in [0.5, 0.6) is 0 Å². The van der Waals surface area contributed by atoms with E-state index in [1.54, 1.807) is 0 Å². The lowest BCUT2D eigenvalue weighted by atomic mass is 10.0. The number of halogens is 2. The standard InChI is InChI=1S/C15H20Cl2N4/c1-3-12-15(17)14(21(4-2)20-12)9-13(19-18)10-6-5-7-11(16)8-10/h5-8,13,19H,3-4,9,18H2,1-2H3. The number of nitrogens with zero attached hydrogens (tertiary/aromatic N) is 2. The molecule has 1 aromatic carbocycles. The summed E-state index contributed by atoms with van der Waals surface area (Å²) in [6.45, 7) is 4.88. The molecule has 0 spiro atoms. The summed E-state index contributed by atoms with van der Waals surface area (Å²) >= 11 is 12.5. The molecule has 0 saturated carbocycles. The van der Waals surface area contributed by atoms with Gasteiger partial charge in [0.25, 0.3) is 0 Å². The van der Waals surface area contributed by atoms with Gasteiger partial charge in [0, 0.05) is 18.0 Å². The minimum absolute atomic E-state index is 0.0621. The second-order valence-corrected chi connectivity index (χ2v) is 5.67. The van der Waals surface area contributed by atoms with Gasteiger partial charge in [0.05, 0.1) is 22.5 Å². The Labute approximate surface area is 135 Å². The lowest BCUT2D eigenvalue weighted by Gasteiger charge is -2.17. The predicted molar refractivity (Wildman–Crippen MR) is 87.5 cm³/mol. The van der Waals surface area contributed by atoms with Gasteiger partial charge < -0.3 is 0 Å². The van der Waals surface area contributed by atoms with Gasteiger partial charge >= 0.3 is 0 Å². The van der Waals surface area contributed by atoms with Crippen LogP contribution in [-0.2, 0) is 19.4 Å². The maximum atomic E-state index is 6.45. The van der Waals surface area contributed by atoms with Gasteiger partial charge in [-0.25, -0.2) is 0 Å². The van der Waals surface area contributed by atoms with E-state index in [1.165, 1.54) is 0 Å². The first-order valence-corrected chi connectivity index (χ1v) is 7.81. The van der Waals surface area contributed by atoms with Crippen molar-refractivity contribution in [2.45, 2.75) is 39.3 Å². The van der Waals surface area contributed by atoms with Gasteiger partial charge in [-0.1, -0.05) is 42.3 Å². The second kappa shape index (κ2) is 7.27. The predicted octanol–water partition coefficient (Wildman–Crippen LogP) is 3.52. The SMILES string of the molecule is CCc1nn(CC)c(CC(NN)c2cccc(Cl)c2)c1Cl. The zero-order valence-corrected chi connectivity index (χ0v) is 13.7. The third kappa shape index (κ3) is 3.58. The first-order valence-electron chi connectivity index (χ1n) is 7.06. The summed E-state index contributed by atoms with van der Waals surface area (Å²) in [6, 6.07) is 7.60. The minimum atomic E-state index is -0.0621. The summed E-state index contributed by atoms with van der Waals surface area (Å²) in [4.78, 5) is 0. The smallest absolute Gasteiger partial charge is 0.0850 e. The summed E-state index contributed by atoms with van der Waals surface area (Å²) in [5.74, 6) is 5.72. The minimum Gasteiger partial charge on any atom is -0.271 e. The third-order valence-electron chi connectivity index (χ3n) is 3.54. The van der Waals surface area contributed by atoms with Crippen molar-refractivity contribution in [2.24, 2.45) is 5.84 Å². The van der Waals surface area contributed by atoms with E-state index in [0.717, 1.165) is 34.9 Å². The number of benzene rings is 1. The molecule has 0 saturated heterocycles. The third-order valence-corrected chi connectivity index (χ3v) is 4.22. The molecule has 2 rings (SSSR count). The van der Waals surface area contributed by atoms with E-state index in [-0.39, 0.29) is 6.04 Å². The maximum Gasteiger partial charge on any atom is 0.0850 e. The van der Waals surface area contributed by atoms with Crippen LogP contribution in [0, 0.1) is 0 Å². The van der Waals surface area contributed by atoms with Crippen molar-refractivity contribution in [1.82, 2.24) is 15.2 Å². The molecule has 1 atom stereocenters. The van der Waals surface area contributed by atoms with E-state index in [0.29, 0.717) is 11.4 Å². The van der Waals surface area contributed by atoms with Crippen LogP contribution in [0.2, 0.25) is 10.0 Å². The van der Waals surface area contributed by atoms with Gasteiger partial charge in [-0.3, -0.25) is 16.0 Å². The first-order chi connectivity index (χ1) is 10.1. The second-order valence-electron chi connectivity index (χ2n) is 4.86. The van der Waals surface area contributed by atoms with Gasteiger partial charge in [0.2, 0.25) is 0 Å². The Bertz CT molecular complexity index is 610. The summed E-state index contributed by atoms with van der Waals surface area (Å²) in [5, 5.41) is 5.96. The Kier molecular flexibility index (Phi) is 5.65. The Morgan fingerprint density at radius 2 is 2.10 bits per heavy atom. The Morgan fingerprint density at radius 3 is 2.67 bits per heavy atom. The summed E-state index contributed by atoms with van der Waals surface area (Å²) in [7, 11) is 0. The van der Waals surface area contributed by atoms with Gasteiger partial charge in [-0.2, -0.15) is 5.10 Å². The number of hydrogen-bond donors (Lipinski definition) is 2. The first kappa shape index (κ1) is 16.3. The molecule has 114 valence electrons. The van der Waals surface area contributed by atoms with E-state index in [2.05, 4.69) is 17.4 Å². The molecular weight excluding hydrogens is 307 g/mol. The highest BCUT2D eigenvalue weighted by Gasteiger charge is 2.19. The van der Waals surface area contributed by atoms with Crippen molar-refractivity contribution in [1.29, 1.82) is 0 Å². The number of rotatable bonds is 6. The van der Waals surface area contributed by atoms with Crippen molar-refractivity contribution < 1.29 is 0 Å². The summed E-state index contributed by atoms with van der Waals surface area (Å²) in [6.07, 6.45) is 1.48. The number of aromatic nitrogens is 2. The topological polar surface area (TPSA) is 55.9 Å². The highest BCUT2D eigenvalue weighted by Crippen LogP contribution is 2.27. The average Bonchev–Trinajstić information content (AvgIpc) is 2.80. The van der Waals surface area contributed by atoms with E-state index < -0.39 is 0 Å². The van der Waals surface area contributed by atoms with Gasteiger partial charge in [0.1, 0.15) is 0 Å². The lowest BCUT2D eigenvalue weighted by Crippen LogP contribution is -2.30. The molecule has 0 bridgehead atoms. The zero-order chi connectivity index (χ0) is 15.4. The molecule has 1 heterocycles. The molecule has 0 aliphatic carbocycles. The normalized spacial score (nSPS) is 12.6. The van der Waals surface area contributed by atoms with Gasteiger partial charge in [-0.05, 0) is 31.0 Å². The Balaban J connectivity index is 2.32. The van der Waals surface area contributed by atoms with Crippen LogP contribution in [0.1, 0.15) is 36.8 Å². The molecule has 3 N–H and O–H groups in total. The van der Waals surface area contributed by atoms with Crippen molar-refractivity contribution in [3.8, 4) is 0 Å². The van der Waals surface area contributed by atoms with Crippen molar-refractivity contribution in [3.63, 3.8) is 0 Å². The molecule has 21 heavy (non-hydrogen) atoms. The fraction of sp³-hybridized carbons (Fsp3) is 0.400. The van der Waals surface area contributed by atoms with Gasteiger partial charge in [0.15, 0.2) is 0 Å². The number of aryl methyl sites for hydroxylation is 2. The van der Waals surface area contributed by atoms with Gasteiger partial charge in [-0.15, -0.1) is 0 Å². The summed E-state index contributed by atoms with van der Waals surface area (Å²) < 4.78 is 1.94. The van der Waals surface area contributed by atoms with E-state index in [9.17, 15) is 0 Å². The van der Waals surface area contributed by atoms with Crippen molar-refractivity contribution in [2.75, 3.05) is 0 Å². The molecule has 2 aromatic rings. The molecular formula is C15H20Cl2N4. The van der Waals surface area contributed by atoms with E-state index in [4.69, 9.17) is 29.0 Å². The number of nitrogens with two attached hydrogens (primary N) is 1. The van der Waals surface area contributed by atoms with Crippen molar-refractivity contribution in [3.05, 3.63) is 51.3 Å². The summed E-state index contributed by atoms with van der Waals surface area (Å²) in [5.41, 5.74) is 5.80. The molecule has 0 aliphatic heterocycles. The highest BCUT2D eigenvalue weighted by molar-refractivity contribution is 6.32. The molecule has 4 nitrogen and oxygen atoms in total. The Morgan fingerprint density at radius 1 is 1.33 bits per heavy atom. The molecule has 0 aliphatic rings. The average molecular weight is 327 g/mol. The molecule has 6 heteroatoms. The van der Waals surface area contributed by atoms with Crippen LogP contribution in [0.15, 0.2) is 24.3 Å². The quantitative estimate of drug-likeness (QED) is 0.630. The van der Waals surface area contributed by atoms with Crippen LogP contribution >= 0.6 is 23.2 Å². The molecule has 0 amide bonds. The maximum absolute atomic E-state index is 6.45. The molecule has 0 radical (unpaired) electrons. The van der Waals surface area contributed by atoms with E-state index >= 15 is 0 Å². The van der Waals surface area contributed by atoms with Crippen LogP contribution in [0.4, 0.5) is 0 Å². The largest absolute Gasteiger partial charge is 0.271 e. The van der Waals surface area contributed by atoms with Crippen LogP contribution in [0.3, 0.4) is 0 Å². The Hall–Kier alpha value is -1.07. The monoisotopic (exact) mass is 326 g/mol. The fourth-order valence-electron chi connectivity index (χ4n) is 2.40. The highest BCUT2D eigenvalue weighted by atomic mass is 35.5. The van der Waals surface area contributed by atoms with Crippen LogP contribution in [-0.4, -0.2) is 9.78 Å². The van der Waals surface area contributed by atoms with Crippen LogP contribution in [0.25, 0.3) is 0 Å². The number of hydrogen-bond acceptors (Lipinski definition) is 3. The molecule has 1 unspecified atom stereocenters. The fourth-order valence-corrected chi connectivity index (χ4v) is 2.95. The van der Waals surface area contributed by atoms with E-state index in [1.807, 2.05) is 35.9 Å². The lowest BCUT2D eigenvalue weighted by molar-refractivity contribution is 0.516.